The summed E-state index contributed by atoms with van der Waals surface area (Å²) in [5.41, 5.74) is 0.405. The predicted molar refractivity (Wildman–Crippen MR) is 58.3 cm³/mol. The van der Waals surface area contributed by atoms with Crippen molar-refractivity contribution in [2.75, 3.05) is 19.8 Å². The van der Waals surface area contributed by atoms with Crippen LogP contribution in [0.5, 0.6) is 0 Å². The van der Waals surface area contributed by atoms with Gasteiger partial charge in [-0.1, -0.05) is 26.2 Å². The van der Waals surface area contributed by atoms with E-state index in [9.17, 15) is 0 Å². The SMILES string of the molecule is CCCCCC1(CCO)CCOCC1. The molecule has 0 saturated carbocycles. The highest BCUT2D eigenvalue weighted by atomic mass is 16.5. The molecule has 1 N–H and O–H groups in total. The molecular formula is C12H24O2. The molecular weight excluding hydrogens is 176 g/mol. The standard InChI is InChI=1S/C12H24O2/c1-2-3-4-5-12(6-9-13)7-10-14-11-8-12/h13H,2-11H2,1H3. The van der Waals surface area contributed by atoms with Crippen LogP contribution in [-0.2, 0) is 4.74 Å². The van der Waals surface area contributed by atoms with Gasteiger partial charge in [0.2, 0.25) is 0 Å². The third kappa shape index (κ3) is 3.58. The lowest BCUT2D eigenvalue weighted by atomic mass is 9.73. The van der Waals surface area contributed by atoms with Gasteiger partial charge in [-0.2, -0.15) is 0 Å². The second-order valence-corrected chi connectivity index (χ2v) is 4.54. The van der Waals surface area contributed by atoms with Gasteiger partial charge in [-0.25, -0.2) is 0 Å². The fraction of sp³-hybridized carbons (Fsp3) is 1.00. The number of aliphatic hydroxyl groups is 1. The topological polar surface area (TPSA) is 29.5 Å². The molecule has 0 aromatic rings. The van der Waals surface area contributed by atoms with Crippen molar-refractivity contribution in [3.63, 3.8) is 0 Å². The van der Waals surface area contributed by atoms with Crippen LogP contribution < -0.4 is 0 Å². The second kappa shape index (κ2) is 6.41. The minimum atomic E-state index is 0.339. The summed E-state index contributed by atoms with van der Waals surface area (Å²) in [6.07, 6.45) is 8.48. The van der Waals surface area contributed by atoms with Crippen LogP contribution in [0, 0.1) is 5.41 Å². The van der Waals surface area contributed by atoms with E-state index in [1.165, 1.54) is 25.7 Å². The summed E-state index contributed by atoms with van der Waals surface area (Å²) in [5.74, 6) is 0. The molecule has 0 unspecified atom stereocenters. The van der Waals surface area contributed by atoms with Gasteiger partial charge in [-0.05, 0) is 31.1 Å². The minimum absolute atomic E-state index is 0.339. The molecule has 1 aliphatic heterocycles. The van der Waals surface area contributed by atoms with Gasteiger partial charge in [-0.3, -0.25) is 0 Å². The first kappa shape index (κ1) is 12.0. The van der Waals surface area contributed by atoms with E-state index in [2.05, 4.69) is 6.92 Å². The van der Waals surface area contributed by atoms with Crippen molar-refractivity contribution >= 4 is 0 Å². The van der Waals surface area contributed by atoms with E-state index in [1.54, 1.807) is 0 Å². The zero-order chi connectivity index (χ0) is 10.3. The Labute approximate surface area is 87.7 Å². The molecule has 2 heteroatoms. The molecule has 0 bridgehead atoms. The average Bonchev–Trinajstić information content (AvgIpc) is 2.20. The number of aliphatic hydroxyl groups excluding tert-OH is 1. The number of hydrogen-bond donors (Lipinski definition) is 1. The normalized spacial score (nSPS) is 21.0. The summed E-state index contributed by atoms with van der Waals surface area (Å²) in [7, 11) is 0. The summed E-state index contributed by atoms with van der Waals surface area (Å²) < 4.78 is 5.40. The molecule has 0 amide bonds. The van der Waals surface area contributed by atoms with Gasteiger partial charge in [0.25, 0.3) is 0 Å². The van der Waals surface area contributed by atoms with Crippen molar-refractivity contribution in [1.29, 1.82) is 0 Å². The van der Waals surface area contributed by atoms with E-state index < -0.39 is 0 Å². The van der Waals surface area contributed by atoms with Crippen LogP contribution in [0.2, 0.25) is 0 Å². The minimum Gasteiger partial charge on any atom is -0.396 e. The fourth-order valence-corrected chi connectivity index (χ4v) is 2.42. The third-order valence-electron chi connectivity index (χ3n) is 3.51. The van der Waals surface area contributed by atoms with Crippen molar-refractivity contribution in [3.8, 4) is 0 Å². The molecule has 0 aliphatic carbocycles. The zero-order valence-electron chi connectivity index (χ0n) is 9.43. The van der Waals surface area contributed by atoms with Gasteiger partial charge >= 0.3 is 0 Å². The van der Waals surface area contributed by atoms with E-state index in [0.29, 0.717) is 12.0 Å². The predicted octanol–water partition coefficient (Wildman–Crippen LogP) is 2.75. The number of unbranched alkanes of at least 4 members (excludes halogenated alkanes) is 2. The maximum atomic E-state index is 9.10. The van der Waals surface area contributed by atoms with E-state index in [4.69, 9.17) is 9.84 Å². The number of hydrogen-bond acceptors (Lipinski definition) is 2. The van der Waals surface area contributed by atoms with Gasteiger partial charge in [0.15, 0.2) is 0 Å². The molecule has 1 aliphatic rings. The van der Waals surface area contributed by atoms with Crippen LogP contribution in [0.4, 0.5) is 0 Å². The van der Waals surface area contributed by atoms with Gasteiger partial charge in [0.05, 0.1) is 0 Å². The smallest absolute Gasteiger partial charge is 0.0471 e. The first-order valence-corrected chi connectivity index (χ1v) is 6.01. The van der Waals surface area contributed by atoms with E-state index in [1.807, 2.05) is 0 Å². The van der Waals surface area contributed by atoms with Crippen molar-refractivity contribution in [2.24, 2.45) is 5.41 Å². The van der Waals surface area contributed by atoms with E-state index >= 15 is 0 Å². The first-order chi connectivity index (χ1) is 6.83. The van der Waals surface area contributed by atoms with Crippen LogP contribution in [0.3, 0.4) is 0 Å². The van der Waals surface area contributed by atoms with Crippen LogP contribution >= 0.6 is 0 Å². The monoisotopic (exact) mass is 200 g/mol. The Morgan fingerprint density at radius 2 is 1.86 bits per heavy atom. The Balaban J connectivity index is 2.34. The molecule has 1 saturated heterocycles. The summed E-state index contributed by atoms with van der Waals surface area (Å²) in [6.45, 7) is 4.37. The Hall–Kier alpha value is -0.0800. The quantitative estimate of drug-likeness (QED) is 0.668. The van der Waals surface area contributed by atoms with Gasteiger partial charge in [0.1, 0.15) is 0 Å². The largest absolute Gasteiger partial charge is 0.396 e. The van der Waals surface area contributed by atoms with E-state index in [-0.39, 0.29) is 0 Å². The fourth-order valence-electron chi connectivity index (χ4n) is 2.42. The van der Waals surface area contributed by atoms with Crippen molar-refractivity contribution in [1.82, 2.24) is 0 Å². The van der Waals surface area contributed by atoms with Crippen LogP contribution in [0.1, 0.15) is 51.9 Å². The Morgan fingerprint density at radius 1 is 1.14 bits per heavy atom. The molecule has 14 heavy (non-hydrogen) atoms. The van der Waals surface area contributed by atoms with Gasteiger partial charge in [0, 0.05) is 19.8 Å². The molecule has 0 atom stereocenters. The number of rotatable bonds is 6. The highest BCUT2D eigenvalue weighted by Gasteiger charge is 2.31. The Bertz CT molecular complexity index is 134. The highest BCUT2D eigenvalue weighted by molar-refractivity contribution is 4.81. The van der Waals surface area contributed by atoms with Crippen LogP contribution in [-0.4, -0.2) is 24.9 Å². The summed E-state index contributed by atoms with van der Waals surface area (Å²) in [5, 5.41) is 9.10. The molecule has 1 rings (SSSR count). The highest BCUT2D eigenvalue weighted by Crippen LogP contribution is 2.38. The maximum Gasteiger partial charge on any atom is 0.0471 e. The van der Waals surface area contributed by atoms with E-state index in [0.717, 1.165) is 32.5 Å². The molecule has 0 aromatic heterocycles. The molecule has 0 spiro atoms. The summed E-state index contributed by atoms with van der Waals surface area (Å²) >= 11 is 0. The summed E-state index contributed by atoms with van der Waals surface area (Å²) in [6, 6.07) is 0. The molecule has 0 aromatic carbocycles. The lowest BCUT2D eigenvalue weighted by Gasteiger charge is -2.37. The lowest BCUT2D eigenvalue weighted by molar-refractivity contribution is -0.00361. The maximum absolute atomic E-state index is 9.10. The van der Waals surface area contributed by atoms with Gasteiger partial charge in [-0.15, -0.1) is 0 Å². The average molecular weight is 200 g/mol. The zero-order valence-corrected chi connectivity index (χ0v) is 9.43. The molecule has 1 fully saturated rings. The second-order valence-electron chi connectivity index (χ2n) is 4.54. The van der Waals surface area contributed by atoms with Crippen LogP contribution in [0.15, 0.2) is 0 Å². The summed E-state index contributed by atoms with van der Waals surface area (Å²) in [4.78, 5) is 0. The molecule has 0 radical (unpaired) electrons. The Kier molecular flexibility index (Phi) is 5.49. The molecule has 84 valence electrons. The first-order valence-electron chi connectivity index (χ1n) is 6.01. The van der Waals surface area contributed by atoms with Crippen molar-refractivity contribution < 1.29 is 9.84 Å². The van der Waals surface area contributed by atoms with Crippen LogP contribution in [0.25, 0.3) is 0 Å². The van der Waals surface area contributed by atoms with Gasteiger partial charge < -0.3 is 9.84 Å². The molecule has 1 heterocycles. The molecule has 2 nitrogen and oxygen atoms in total. The van der Waals surface area contributed by atoms with Crippen molar-refractivity contribution in [3.05, 3.63) is 0 Å². The number of ether oxygens (including phenoxy) is 1. The van der Waals surface area contributed by atoms with Crippen molar-refractivity contribution in [2.45, 2.75) is 51.9 Å². The Morgan fingerprint density at radius 3 is 2.43 bits per heavy atom. The third-order valence-corrected chi connectivity index (χ3v) is 3.51. The lowest BCUT2D eigenvalue weighted by Crippen LogP contribution is -2.30.